The van der Waals surface area contributed by atoms with Gasteiger partial charge in [0.2, 0.25) is 0 Å². The van der Waals surface area contributed by atoms with E-state index in [9.17, 15) is 9.59 Å². The van der Waals surface area contributed by atoms with Crippen LogP contribution in [0.5, 0.6) is 0 Å². The topological polar surface area (TPSA) is 55.4 Å². The predicted molar refractivity (Wildman–Crippen MR) is 70.3 cm³/mol. The number of ketones is 1. The summed E-state index contributed by atoms with van der Waals surface area (Å²) in [5.41, 5.74) is -0.504. The van der Waals surface area contributed by atoms with Crippen LogP contribution in [-0.4, -0.2) is 23.5 Å². The van der Waals surface area contributed by atoms with Crippen molar-refractivity contribution >= 4 is 11.9 Å². The van der Waals surface area contributed by atoms with Crippen LogP contribution in [0.2, 0.25) is 0 Å². The van der Waals surface area contributed by atoms with Crippen molar-refractivity contribution in [3.8, 4) is 0 Å². The van der Waals surface area contributed by atoms with E-state index in [1.54, 1.807) is 6.08 Å². The zero-order valence-electron chi connectivity index (χ0n) is 11.5. The third-order valence-corrected chi connectivity index (χ3v) is 2.98. The molecule has 4 nitrogen and oxygen atoms in total. The molecule has 0 aromatic carbocycles. The number of alkyl carbamates (subject to hydrolysis) is 1. The van der Waals surface area contributed by atoms with Gasteiger partial charge in [-0.15, -0.1) is 6.58 Å². The van der Waals surface area contributed by atoms with E-state index in [0.29, 0.717) is 12.8 Å². The Labute approximate surface area is 109 Å². The summed E-state index contributed by atoms with van der Waals surface area (Å²) >= 11 is 0. The number of rotatable bonds is 5. The third-order valence-electron chi connectivity index (χ3n) is 2.98. The van der Waals surface area contributed by atoms with Gasteiger partial charge in [0.15, 0.2) is 0 Å². The summed E-state index contributed by atoms with van der Waals surface area (Å²) in [4.78, 5) is 23.4. The summed E-state index contributed by atoms with van der Waals surface area (Å²) in [5.74, 6) is 0.166. The Morgan fingerprint density at radius 2 is 2.06 bits per heavy atom. The molecule has 1 aliphatic carbocycles. The molecule has 1 aliphatic rings. The maximum Gasteiger partial charge on any atom is 0.407 e. The first kappa shape index (κ1) is 14.7. The van der Waals surface area contributed by atoms with Gasteiger partial charge in [-0.25, -0.2) is 4.79 Å². The van der Waals surface area contributed by atoms with Gasteiger partial charge in [0, 0.05) is 18.4 Å². The van der Waals surface area contributed by atoms with Crippen molar-refractivity contribution in [2.75, 3.05) is 0 Å². The number of hydrogen-bond donors (Lipinski definition) is 1. The minimum Gasteiger partial charge on any atom is -0.444 e. The normalized spacial score (nSPS) is 22.8. The molecule has 0 aromatic heterocycles. The maximum absolute atomic E-state index is 11.8. The standard InChI is InChI=1S/C14H23NO3/c1-5-6-7-12(16)10-8-9-11(10)15-13(17)18-14(2,3)4/h5,10-11H,1,6-9H2,2-4H3,(H,15,17). The molecule has 0 spiro atoms. The van der Waals surface area contributed by atoms with Crippen molar-refractivity contribution in [3.63, 3.8) is 0 Å². The van der Waals surface area contributed by atoms with Crippen molar-refractivity contribution in [2.45, 2.75) is 58.1 Å². The first-order chi connectivity index (χ1) is 8.33. The molecule has 0 radical (unpaired) electrons. The lowest BCUT2D eigenvalue weighted by atomic mass is 9.76. The quantitative estimate of drug-likeness (QED) is 0.766. The van der Waals surface area contributed by atoms with E-state index < -0.39 is 11.7 Å². The second kappa shape index (κ2) is 6.03. The van der Waals surface area contributed by atoms with Crippen molar-refractivity contribution in [2.24, 2.45) is 5.92 Å². The van der Waals surface area contributed by atoms with E-state index in [2.05, 4.69) is 11.9 Å². The van der Waals surface area contributed by atoms with E-state index in [4.69, 9.17) is 4.74 Å². The number of ether oxygens (including phenoxy) is 1. The van der Waals surface area contributed by atoms with Crippen LogP contribution in [-0.2, 0) is 9.53 Å². The molecule has 18 heavy (non-hydrogen) atoms. The van der Waals surface area contributed by atoms with Crippen LogP contribution in [0.3, 0.4) is 0 Å². The summed E-state index contributed by atoms with van der Waals surface area (Å²) < 4.78 is 5.18. The number of carbonyl (C=O) groups excluding carboxylic acids is 2. The molecule has 1 rings (SSSR count). The molecule has 0 aliphatic heterocycles. The van der Waals surface area contributed by atoms with E-state index >= 15 is 0 Å². The fourth-order valence-electron chi connectivity index (χ4n) is 1.95. The van der Waals surface area contributed by atoms with Crippen LogP contribution in [0.15, 0.2) is 12.7 Å². The average Bonchev–Trinajstić information content (AvgIpc) is 2.19. The van der Waals surface area contributed by atoms with Gasteiger partial charge in [0.1, 0.15) is 11.4 Å². The summed E-state index contributed by atoms with van der Waals surface area (Å²) in [7, 11) is 0. The SMILES string of the molecule is C=CCCC(=O)C1CCC1NC(=O)OC(C)(C)C. The number of carbonyl (C=O) groups is 2. The van der Waals surface area contributed by atoms with Gasteiger partial charge in [0.25, 0.3) is 0 Å². The van der Waals surface area contributed by atoms with Crippen LogP contribution >= 0.6 is 0 Å². The number of allylic oxidation sites excluding steroid dienone is 1. The van der Waals surface area contributed by atoms with E-state index in [1.165, 1.54) is 0 Å². The molecule has 1 amide bonds. The van der Waals surface area contributed by atoms with Gasteiger partial charge in [0.05, 0.1) is 0 Å². The minimum atomic E-state index is -0.504. The molecular weight excluding hydrogens is 230 g/mol. The lowest BCUT2D eigenvalue weighted by Gasteiger charge is -2.36. The monoisotopic (exact) mass is 253 g/mol. The highest BCUT2D eigenvalue weighted by Crippen LogP contribution is 2.30. The molecule has 0 aromatic rings. The van der Waals surface area contributed by atoms with Gasteiger partial charge in [-0.1, -0.05) is 6.08 Å². The Morgan fingerprint density at radius 1 is 1.39 bits per heavy atom. The Morgan fingerprint density at radius 3 is 2.50 bits per heavy atom. The molecule has 1 N–H and O–H groups in total. The number of hydrogen-bond acceptors (Lipinski definition) is 3. The van der Waals surface area contributed by atoms with Crippen LogP contribution in [0.4, 0.5) is 4.79 Å². The third kappa shape index (κ3) is 4.51. The van der Waals surface area contributed by atoms with Gasteiger partial charge >= 0.3 is 6.09 Å². The Bertz CT molecular complexity index is 330. The Balaban J connectivity index is 2.37. The number of nitrogens with one attached hydrogen (secondary N) is 1. The van der Waals surface area contributed by atoms with E-state index in [-0.39, 0.29) is 17.7 Å². The van der Waals surface area contributed by atoms with Gasteiger partial charge in [-0.05, 0) is 40.0 Å². The van der Waals surface area contributed by atoms with Crippen LogP contribution in [0, 0.1) is 5.92 Å². The summed E-state index contributed by atoms with van der Waals surface area (Å²) in [5, 5.41) is 2.77. The predicted octanol–water partition coefficient (Wildman–Crippen LogP) is 2.83. The summed E-state index contributed by atoms with van der Waals surface area (Å²) in [6, 6.07) is -0.0582. The first-order valence-electron chi connectivity index (χ1n) is 6.46. The van der Waals surface area contributed by atoms with Crippen molar-refractivity contribution < 1.29 is 14.3 Å². The smallest absolute Gasteiger partial charge is 0.407 e. The number of Topliss-reactive ketones (excluding diaryl/α,β-unsaturated/α-hetero) is 1. The van der Waals surface area contributed by atoms with Gasteiger partial charge in [-0.3, -0.25) is 4.79 Å². The van der Waals surface area contributed by atoms with Gasteiger partial charge in [-0.2, -0.15) is 0 Å². The summed E-state index contributed by atoms with van der Waals surface area (Å²) in [6.45, 7) is 9.06. The highest BCUT2D eigenvalue weighted by Gasteiger charge is 2.37. The fraction of sp³-hybridized carbons (Fsp3) is 0.714. The highest BCUT2D eigenvalue weighted by atomic mass is 16.6. The molecule has 2 atom stereocenters. The molecule has 1 fully saturated rings. The van der Waals surface area contributed by atoms with Crippen LogP contribution in [0.1, 0.15) is 46.5 Å². The largest absolute Gasteiger partial charge is 0.444 e. The summed E-state index contributed by atoms with van der Waals surface area (Å²) in [6.07, 6.45) is 4.23. The van der Waals surface area contributed by atoms with Crippen LogP contribution < -0.4 is 5.32 Å². The van der Waals surface area contributed by atoms with Gasteiger partial charge < -0.3 is 10.1 Å². The maximum atomic E-state index is 11.8. The molecule has 1 saturated carbocycles. The highest BCUT2D eigenvalue weighted by molar-refractivity contribution is 5.83. The lowest BCUT2D eigenvalue weighted by Crippen LogP contribution is -2.51. The minimum absolute atomic E-state index is 0.0440. The Hall–Kier alpha value is -1.32. The Kier molecular flexibility index (Phi) is 4.93. The molecular formula is C14H23NO3. The first-order valence-corrected chi connectivity index (χ1v) is 6.46. The zero-order chi connectivity index (χ0) is 13.8. The molecule has 0 saturated heterocycles. The average molecular weight is 253 g/mol. The molecule has 0 bridgehead atoms. The van der Waals surface area contributed by atoms with E-state index in [0.717, 1.165) is 12.8 Å². The second-order valence-electron chi connectivity index (χ2n) is 5.73. The van der Waals surface area contributed by atoms with Crippen molar-refractivity contribution in [1.29, 1.82) is 0 Å². The fourth-order valence-corrected chi connectivity index (χ4v) is 1.95. The molecule has 0 heterocycles. The van der Waals surface area contributed by atoms with E-state index in [1.807, 2.05) is 20.8 Å². The lowest BCUT2D eigenvalue weighted by molar-refractivity contribution is -0.126. The second-order valence-corrected chi connectivity index (χ2v) is 5.73. The van der Waals surface area contributed by atoms with Crippen molar-refractivity contribution in [1.82, 2.24) is 5.32 Å². The number of amides is 1. The zero-order valence-corrected chi connectivity index (χ0v) is 11.5. The molecule has 4 heteroatoms. The molecule has 2 unspecified atom stereocenters. The van der Waals surface area contributed by atoms with Crippen molar-refractivity contribution in [3.05, 3.63) is 12.7 Å². The van der Waals surface area contributed by atoms with Crippen LogP contribution in [0.25, 0.3) is 0 Å². The molecule has 102 valence electrons.